The highest BCUT2D eigenvalue weighted by atomic mass is 32.1. The minimum Gasteiger partial charge on any atom is -0.377 e. The van der Waals surface area contributed by atoms with Gasteiger partial charge in [-0.1, -0.05) is 0 Å². The van der Waals surface area contributed by atoms with Crippen LogP contribution in [-0.4, -0.2) is 30.2 Å². The van der Waals surface area contributed by atoms with E-state index in [-0.39, 0.29) is 0 Å². The summed E-state index contributed by atoms with van der Waals surface area (Å²) in [5.41, 5.74) is 5.05. The molecular formula is C5H14N2OS. The van der Waals surface area contributed by atoms with Crippen molar-refractivity contribution in [1.29, 1.82) is 0 Å². The van der Waals surface area contributed by atoms with E-state index in [1.54, 1.807) is 0 Å². The zero-order valence-corrected chi connectivity index (χ0v) is 6.27. The number of nitrogens with two attached hydrogens (primary N) is 1. The predicted octanol–water partition coefficient (Wildman–Crippen LogP) is -0.827. The number of hydrogen-bond donors (Lipinski definition) is 4. The molecule has 3 nitrogen and oxygen atoms in total. The molecule has 0 spiro atoms. The molecule has 0 unspecified atom stereocenters. The molecule has 0 fully saturated rings. The lowest BCUT2D eigenvalue weighted by Crippen LogP contribution is -2.33. The summed E-state index contributed by atoms with van der Waals surface area (Å²) in [5.74, 6) is 0.869. The van der Waals surface area contributed by atoms with Crippen LogP contribution in [0.25, 0.3) is 0 Å². The van der Waals surface area contributed by atoms with Crippen LogP contribution in [0.5, 0.6) is 0 Å². The van der Waals surface area contributed by atoms with Crippen LogP contribution in [0.2, 0.25) is 0 Å². The van der Waals surface area contributed by atoms with E-state index in [0.717, 1.165) is 18.7 Å². The predicted molar refractivity (Wildman–Crippen MR) is 41.5 cm³/mol. The average Bonchev–Trinajstić information content (AvgIpc) is 1.80. The van der Waals surface area contributed by atoms with E-state index >= 15 is 0 Å². The van der Waals surface area contributed by atoms with E-state index in [4.69, 9.17) is 10.8 Å². The maximum atomic E-state index is 8.55. The van der Waals surface area contributed by atoms with Crippen LogP contribution in [-0.2, 0) is 0 Å². The number of aliphatic hydroxyl groups excluding tert-OH is 1. The van der Waals surface area contributed by atoms with Gasteiger partial charge in [-0.2, -0.15) is 12.6 Å². The van der Waals surface area contributed by atoms with Gasteiger partial charge in [0.15, 0.2) is 0 Å². The summed E-state index contributed by atoms with van der Waals surface area (Å²) < 4.78 is 0. The molecule has 0 bridgehead atoms. The van der Waals surface area contributed by atoms with Crippen molar-refractivity contribution in [2.45, 2.75) is 12.6 Å². The van der Waals surface area contributed by atoms with Crippen molar-refractivity contribution >= 4 is 12.6 Å². The van der Waals surface area contributed by atoms with Crippen molar-refractivity contribution in [2.75, 3.05) is 18.8 Å². The van der Waals surface area contributed by atoms with Gasteiger partial charge < -0.3 is 16.2 Å². The Bertz CT molecular complexity index is 60.9. The third-order valence-corrected chi connectivity index (χ3v) is 1.18. The normalized spacial score (nSPS) is 13.7. The Kier molecular flexibility index (Phi) is 6.51. The number of thiol groups is 1. The molecule has 9 heavy (non-hydrogen) atoms. The van der Waals surface area contributed by atoms with Crippen molar-refractivity contribution in [3.05, 3.63) is 0 Å². The minimum absolute atomic E-state index is 0.466. The van der Waals surface area contributed by atoms with Crippen molar-refractivity contribution in [3.8, 4) is 0 Å². The molecule has 0 aromatic heterocycles. The van der Waals surface area contributed by atoms with E-state index in [2.05, 4.69) is 17.9 Å². The van der Waals surface area contributed by atoms with Gasteiger partial charge in [0.05, 0.1) is 0 Å². The van der Waals surface area contributed by atoms with Crippen LogP contribution in [0, 0.1) is 0 Å². The molecule has 4 heteroatoms. The molecule has 4 N–H and O–H groups in total. The molecule has 0 aliphatic carbocycles. The SMILES string of the molecule is N[C@H](O)CNCCCS. The van der Waals surface area contributed by atoms with Crippen molar-refractivity contribution in [2.24, 2.45) is 5.73 Å². The molecule has 0 saturated carbocycles. The average molecular weight is 150 g/mol. The Morgan fingerprint density at radius 1 is 1.67 bits per heavy atom. The molecule has 0 heterocycles. The lowest BCUT2D eigenvalue weighted by Gasteiger charge is -2.04. The Labute approximate surface area is 61.0 Å². The van der Waals surface area contributed by atoms with Gasteiger partial charge in [0.25, 0.3) is 0 Å². The van der Waals surface area contributed by atoms with E-state index in [0.29, 0.717) is 6.54 Å². The largest absolute Gasteiger partial charge is 0.377 e. The van der Waals surface area contributed by atoms with Crippen LogP contribution >= 0.6 is 12.6 Å². The fourth-order valence-corrected chi connectivity index (χ4v) is 0.612. The molecule has 56 valence electrons. The topological polar surface area (TPSA) is 58.3 Å². The van der Waals surface area contributed by atoms with Crippen LogP contribution in [0.1, 0.15) is 6.42 Å². The zero-order chi connectivity index (χ0) is 7.11. The summed E-state index contributed by atoms with van der Waals surface area (Å²) in [5, 5.41) is 11.5. The molecule has 0 rings (SSSR count). The van der Waals surface area contributed by atoms with Crippen LogP contribution < -0.4 is 11.1 Å². The van der Waals surface area contributed by atoms with Gasteiger partial charge in [-0.15, -0.1) is 0 Å². The van der Waals surface area contributed by atoms with Gasteiger partial charge in [-0.25, -0.2) is 0 Å². The molecule has 0 aliphatic rings. The van der Waals surface area contributed by atoms with Gasteiger partial charge in [-0.05, 0) is 18.7 Å². The number of hydrogen-bond acceptors (Lipinski definition) is 4. The third-order valence-electron chi connectivity index (χ3n) is 0.865. The first-order valence-electron chi connectivity index (χ1n) is 3.02. The standard InChI is InChI=1S/C5H14N2OS/c6-5(8)4-7-2-1-3-9/h5,7-9H,1-4,6H2/t5-/m1/s1. The summed E-state index contributed by atoms with van der Waals surface area (Å²) in [6, 6.07) is 0. The molecule has 0 aromatic carbocycles. The maximum Gasteiger partial charge on any atom is 0.115 e. The van der Waals surface area contributed by atoms with Gasteiger partial charge in [0, 0.05) is 6.54 Å². The molecule has 1 atom stereocenters. The maximum absolute atomic E-state index is 8.55. The van der Waals surface area contributed by atoms with E-state index < -0.39 is 6.23 Å². The first kappa shape index (κ1) is 9.23. The highest BCUT2D eigenvalue weighted by Gasteiger charge is 1.91. The summed E-state index contributed by atoms with van der Waals surface area (Å²) in [6.45, 7) is 1.34. The number of aliphatic hydroxyl groups is 1. The highest BCUT2D eigenvalue weighted by Crippen LogP contribution is 1.79. The Morgan fingerprint density at radius 2 is 2.33 bits per heavy atom. The summed E-state index contributed by atoms with van der Waals surface area (Å²) in [7, 11) is 0. The van der Waals surface area contributed by atoms with Gasteiger partial charge in [-0.3, -0.25) is 0 Å². The fraction of sp³-hybridized carbons (Fsp3) is 1.00. The third kappa shape index (κ3) is 8.23. The van der Waals surface area contributed by atoms with Gasteiger partial charge in [0.2, 0.25) is 0 Å². The van der Waals surface area contributed by atoms with Gasteiger partial charge in [0.1, 0.15) is 6.23 Å². The Balaban J connectivity index is 2.75. The molecule has 0 saturated heterocycles. The first-order valence-corrected chi connectivity index (χ1v) is 3.66. The highest BCUT2D eigenvalue weighted by molar-refractivity contribution is 7.80. The summed E-state index contributed by atoms with van der Waals surface area (Å²) in [6.07, 6.45) is 0.278. The van der Waals surface area contributed by atoms with Crippen LogP contribution in [0.3, 0.4) is 0 Å². The zero-order valence-electron chi connectivity index (χ0n) is 5.38. The second-order valence-corrected chi connectivity index (χ2v) is 2.30. The lowest BCUT2D eigenvalue weighted by atomic mass is 10.4. The quantitative estimate of drug-likeness (QED) is 0.235. The van der Waals surface area contributed by atoms with E-state index in [1.165, 1.54) is 0 Å². The second-order valence-electron chi connectivity index (χ2n) is 1.85. The monoisotopic (exact) mass is 150 g/mol. The number of nitrogens with one attached hydrogen (secondary N) is 1. The second kappa shape index (κ2) is 6.35. The molecule has 0 aliphatic heterocycles. The van der Waals surface area contributed by atoms with Crippen molar-refractivity contribution < 1.29 is 5.11 Å². The first-order chi connectivity index (χ1) is 4.27. The summed E-state index contributed by atoms with van der Waals surface area (Å²) >= 11 is 4.01. The van der Waals surface area contributed by atoms with E-state index in [1.807, 2.05) is 0 Å². The Hall–Kier alpha value is 0.230. The smallest absolute Gasteiger partial charge is 0.115 e. The van der Waals surface area contributed by atoms with Crippen LogP contribution in [0.4, 0.5) is 0 Å². The molecular weight excluding hydrogens is 136 g/mol. The molecule has 0 radical (unpaired) electrons. The van der Waals surface area contributed by atoms with Crippen molar-refractivity contribution in [1.82, 2.24) is 5.32 Å². The molecule has 0 amide bonds. The van der Waals surface area contributed by atoms with Crippen LogP contribution in [0.15, 0.2) is 0 Å². The van der Waals surface area contributed by atoms with Crippen molar-refractivity contribution in [3.63, 3.8) is 0 Å². The Morgan fingerprint density at radius 3 is 2.78 bits per heavy atom. The van der Waals surface area contributed by atoms with Gasteiger partial charge >= 0.3 is 0 Å². The number of rotatable bonds is 5. The molecule has 0 aromatic rings. The summed E-state index contributed by atoms with van der Waals surface area (Å²) in [4.78, 5) is 0. The minimum atomic E-state index is -0.732. The lowest BCUT2D eigenvalue weighted by molar-refractivity contribution is 0.179. The fourth-order valence-electron chi connectivity index (χ4n) is 0.454. The van der Waals surface area contributed by atoms with E-state index in [9.17, 15) is 0 Å².